The van der Waals surface area contributed by atoms with Crippen LogP contribution in [0, 0.1) is 5.92 Å². The molecule has 1 aromatic heterocycles. The minimum atomic E-state index is 0.0423. The van der Waals surface area contributed by atoms with Crippen LogP contribution in [0.5, 0.6) is 0 Å². The molecule has 1 aromatic carbocycles. The monoisotopic (exact) mass is 378 g/mol. The maximum absolute atomic E-state index is 12.7. The molecule has 3 rings (SSSR count). The summed E-state index contributed by atoms with van der Waals surface area (Å²) in [5.74, 6) is 1.09. The molecule has 1 saturated heterocycles. The lowest BCUT2D eigenvalue weighted by Crippen LogP contribution is -2.41. The Morgan fingerprint density at radius 2 is 2.00 bits per heavy atom. The lowest BCUT2D eigenvalue weighted by Gasteiger charge is -2.33. The Kier molecular flexibility index (Phi) is 5.76. The number of amides is 1. The molecule has 0 atom stereocenters. The predicted octanol–water partition coefficient (Wildman–Crippen LogP) is 3.66. The number of hydrogen-bond acceptors (Lipinski definition) is 4. The van der Waals surface area contributed by atoms with Crippen LogP contribution >= 0.6 is 23.2 Å². The summed E-state index contributed by atoms with van der Waals surface area (Å²) in [6.45, 7) is 2.16. The molecule has 5 nitrogen and oxygen atoms in total. The molecule has 0 unspecified atom stereocenters. The molecule has 1 aliphatic heterocycles. The molecule has 132 valence electrons. The highest BCUT2D eigenvalue weighted by Gasteiger charge is 2.27. The molecule has 0 aliphatic carbocycles. The van der Waals surface area contributed by atoms with Gasteiger partial charge in [-0.2, -0.15) is 0 Å². The summed E-state index contributed by atoms with van der Waals surface area (Å²) in [4.78, 5) is 25.1. The van der Waals surface area contributed by atoms with Crippen LogP contribution in [0.2, 0.25) is 10.0 Å². The van der Waals surface area contributed by atoms with Gasteiger partial charge in [-0.3, -0.25) is 9.78 Å². The molecule has 0 saturated carbocycles. The first-order valence-corrected chi connectivity index (χ1v) is 9.00. The van der Waals surface area contributed by atoms with Crippen molar-refractivity contribution in [2.45, 2.75) is 19.4 Å². The Bertz CT molecular complexity index is 733. The van der Waals surface area contributed by atoms with Crippen molar-refractivity contribution in [2.75, 3.05) is 25.0 Å². The molecule has 0 N–H and O–H groups in total. The van der Waals surface area contributed by atoms with Crippen LogP contribution in [-0.4, -0.2) is 40.9 Å². The van der Waals surface area contributed by atoms with Gasteiger partial charge in [0, 0.05) is 45.0 Å². The zero-order valence-corrected chi connectivity index (χ0v) is 15.5. The summed E-state index contributed by atoms with van der Waals surface area (Å²) in [6.07, 6.45) is 6.76. The molecular formula is C18H20Cl2N4O. The highest BCUT2D eigenvalue weighted by molar-refractivity contribution is 6.42. The van der Waals surface area contributed by atoms with E-state index in [1.165, 1.54) is 0 Å². The van der Waals surface area contributed by atoms with Gasteiger partial charge in [-0.1, -0.05) is 29.3 Å². The molecule has 1 amide bonds. The molecule has 0 radical (unpaired) electrons. The van der Waals surface area contributed by atoms with E-state index in [1.807, 2.05) is 19.2 Å². The van der Waals surface area contributed by atoms with E-state index in [2.05, 4.69) is 14.9 Å². The van der Waals surface area contributed by atoms with Crippen LogP contribution in [0.15, 0.2) is 36.8 Å². The van der Waals surface area contributed by atoms with E-state index in [0.29, 0.717) is 16.6 Å². The molecule has 0 spiro atoms. The standard InChI is InChI=1S/C18H20Cl2N4O/c1-23(12-13-2-3-15(19)16(20)10-13)18(25)14-4-8-24(9-5-14)17-11-21-6-7-22-17/h2-3,6-7,10-11,14H,4-5,8-9,12H2,1H3. The molecule has 1 aliphatic rings. The third kappa shape index (κ3) is 4.41. The fourth-order valence-electron chi connectivity index (χ4n) is 3.11. The van der Waals surface area contributed by atoms with Crippen LogP contribution < -0.4 is 4.90 Å². The molecule has 1 fully saturated rings. The van der Waals surface area contributed by atoms with Gasteiger partial charge < -0.3 is 9.80 Å². The van der Waals surface area contributed by atoms with Crippen LogP contribution in [0.3, 0.4) is 0 Å². The van der Waals surface area contributed by atoms with E-state index in [4.69, 9.17) is 23.2 Å². The van der Waals surface area contributed by atoms with Crippen molar-refractivity contribution in [3.05, 3.63) is 52.4 Å². The van der Waals surface area contributed by atoms with Gasteiger partial charge in [-0.05, 0) is 30.5 Å². The second kappa shape index (κ2) is 8.02. The average Bonchev–Trinajstić information content (AvgIpc) is 2.65. The zero-order valence-electron chi connectivity index (χ0n) is 14.0. The van der Waals surface area contributed by atoms with E-state index < -0.39 is 0 Å². The summed E-state index contributed by atoms with van der Waals surface area (Å²) in [7, 11) is 1.83. The highest BCUT2D eigenvalue weighted by atomic mass is 35.5. The molecule has 7 heteroatoms. The largest absolute Gasteiger partial charge is 0.355 e. The number of hydrogen-bond donors (Lipinski definition) is 0. The van der Waals surface area contributed by atoms with E-state index in [0.717, 1.165) is 37.3 Å². The van der Waals surface area contributed by atoms with E-state index in [1.54, 1.807) is 29.6 Å². The van der Waals surface area contributed by atoms with E-state index >= 15 is 0 Å². The number of rotatable bonds is 4. The summed E-state index contributed by atoms with van der Waals surface area (Å²) >= 11 is 12.0. The molecule has 25 heavy (non-hydrogen) atoms. The van der Waals surface area contributed by atoms with Crippen molar-refractivity contribution < 1.29 is 4.79 Å². The Morgan fingerprint density at radius 1 is 1.24 bits per heavy atom. The second-order valence-electron chi connectivity index (χ2n) is 6.27. The Hall–Kier alpha value is -1.85. The minimum absolute atomic E-state index is 0.0423. The van der Waals surface area contributed by atoms with Crippen molar-refractivity contribution in [1.82, 2.24) is 14.9 Å². The summed E-state index contributed by atoms with van der Waals surface area (Å²) in [5.41, 5.74) is 0.974. The van der Waals surface area contributed by atoms with Gasteiger partial charge in [-0.15, -0.1) is 0 Å². The fourth-order valence-corrected chi connectivity index (χ4v) is 3.43. The number of carbonyl (C=O) groups is 1. The summed E-state index contributed by atoms with van der Waals surface area (Å²) in [6, 6.07) is 5.47. The summed E-state index contributed by atoms with van der Waals surface area (Å²) in [5, 5.41) is 1.04. The third-order valence-electron chi connectivity index (χ3n) is 4.50. The topological polar surface area (TPSA) is 49.3 Å². The predicted molar refractivity (Wildman–Crippen MR) is 99.9 cm³/mol. The normalized spacial score (nSPS) is 15.2. The smallest absolute Gasteiger partial charge is 0.225 e. The number of aromatic nitrogens is 2. The number of anilines is 1. The van der Waals surface area contributed by atoms with Crippen LogP contribution in [0.1, 0.15) is 18.4 Å². The van der Waals surface area contributed by atoms with Crippen molar-refractivity contribution in [1.29, 1.82) is 0 Å². The molecule has 2 heterocycles. The van der Waals surface area contributed by atoms with Crippen molar-refractivity contribution in [3.63, 3.8) is 0 Å². The molecular weight excluding hydrogens is 359 g/mol. The average molecular weight is 379 g/mol. The second-order valence-corrected chi connectivity index (χ2v) is 7.08. The van der Waals surface area contributed by atoms with Crippen molar-refractivity contribution in [3.8, 4) is 0 Å². The van der Waals surface area contributed by atoms with Gasteiger partial charge in [-0.25, -0.2) is 4.98 Å². The van der Waals surface area contributed by atoms with Gasteiger partial charge in [0.15, 0.2) is 0 Å². The van der Waals surface area contributed by atoms with Gasteiger partial charge >= 0.3 is 0 Å². The van der Waals surface area contributed by atoms with Crippen molar-refractivity contribution >= 4 is 34.9 Å². The Morgan fingerprint density at radius 3 is 2.64 bits per heavy atom. The first-order chi connectivity index (χ1) is 12.0. The van der Waals surface area contributed by atoms with Gasteiger partial charge in [0.2, 0.25) is 5.91 Å². The number of benzene rings is 1. The van der Waals surface area contributed by atoms with Gasteiger partial charge in [0.25, 0.3) is 0 Å². The highest BCUT2D eigenvalue weighted by Crippen LogP contribution is 2.25. The van der Waals surface area contributed by atoms with Crippen LogP contribution in [0.25, 0.3) is 0 Å². The number of carbonyl (C=O) groups excluding carboxylic acids is 1. The number of halogens is 2. The number of nitrogens with zero attached hydrogens (tertiary/aromatic N) is 4. The third-order valence-corrected chi connectivity index (χ3v) is 5.24. The SMILES string of the molecule is CN(Cc1ccc(Cl)c(Cl)c1)C(=O)C1CCN(c2cnccn2)CC1. The Labute approximate surface area is 157 Å². The number of piperidine rings is 1. The Balaban J connectivity index is 1.55. The van der Waals surface area contributed by atoms with E-state index in [-0.39, 0.29) is 11.8 Å². The maximum atomic E-state index is 12.7. The fraction of sp³-hybridized carbons (Fsp3) is 0.389. The zero-order chi connectivity index (χ0) is 17.8. The van der Waals surface area contributed by atoms with Gasteiger partial charge in [0.1, 0.15) is 5.82 Å². The first kappa shape index (κ1) is 18.0. The van der Waals surface area contributed by atoms with Gasteiger partial charge in [0.05, 0.1) is 16.2 Å². The van der Waals surface area contributed by atoms with Crippen LogP contribution in [-0.2, 0) is 11.3 Å². The quantitative estimate of drug-likeness (QED) is 0.814. The first-order valence-electron chi connectivity index (χ1n) is 8.24. The van der Waals surface area contributed by atoms with E-state index in [9.17, 15) is 4.79 Å². The maximum Gasteiger partial charge on any atom is 0.225 e. The van der Waals surface area contributed by atoms with Crippen LogP contribution in [0.4, 0.5) is 5.82 Å². The lowest BCUT2D eigenvalue weighted by atomic mass is 9.95. The minimum Gasteiger partial charge on any atom is -0.355 e. The van der Waals surface area contributed by atoms with Crippen molar-refractivity contribution in [2.24, 2.45) is 5.92 Å². The lowest BCUT2D eigenvalue weighted by molar-refractivity contribution is -0.135. The summed E-state index contributed by atoms with van der Waals surface area (Å²) < 4.78 is 0. The molecule has 0 bridgehead atoms. The molecule has 2 aromatic rings.